The summed E-state index contributed by atoms with van der Waals surface area (Å²) < 4.78 is 33.4. The summed E-state index contributed by atoms with van der Waals surface area (Å²) in [7, 11) is 1.30. The van der Waals surface area contributed by atoms with E-state index in [1.54, 1.807) is 0 Å². The molecule has 1 rings (SSSR count). The second-order valence-corrected chi connectivity index (χ2v) is 2.87. The molecule has 0 atom stereocenters. The molecule has 0 aliphatic carbocycles. The maximum absolute atomic E-state index is 11.9. The van der Waals surface area contributed by atoms with Crippen LogP contribution in [0.15, 0.2) is 18.2 Å². The van der Waals surface area contributed by atoms with Gasteiger partial charge in [0, 0.05) is 0 Å². The third-order valence-electron chi connectivity index (χ3n) is 1.78. The maximum atomic E-state index is 11.9. The highest BCUT2D eigenvalue weighted by molar-refractivity contribution is 5.88. The number of halogens is 2. The molecule has 0 fully saturated rings. The van der Waals surface area contributed by atoms with Gasteiger partial charge >= 0.3 is 5.97 Å². The predicted octanol–water partition coefficient (Wildman–Crippen LogP) is 2.04. The summed E-state index contributed by atoms with van der Waals surface area (Å²) in [5.41, 5.74) is 0.00115. The normalized spacial score (nSPS) is 10.2. The van der Waals surface area contributed by atoms with Crippen LogP contribution in [0, 0.1) is 0 Å². The first-order valence-corrected chi connectivity index (χ1v) is 4.37. The molecule has 0 radical (unpaired) electrons. The molecule has 0 aliphatic rings. The van der Waals surface area contributed by atoms with Crippen LogP contribution in [0.4, 0.5) is 8.78 Å². The number of carboxylic acid groups (broad SMARTS) is 1. The van der Waals surface area contributed by atoms with E-state index >= 15 is 0 Å². The van der Waals surface area contributed by atoms with Gasteiger partial charge in [0.15, 0.2) is 11.5 Å². The van der Waals surface area contributed by atoms with Gasteiger partial charge in [-0.05, 0) is 18.2 Å². The summed E-state index contributed by atoms with van der Waals surface area (Å²) in [4.78, 5) is 10.6. The fraction of sp³-hybridized carbons (Fsp3) is 0.300. The van der Waals surface area contributed by atoms with E-state index in [1.165, 1.54) is 25.3 Å². The molecule has 6 heteroatoms. The highest BCUT2D eigenvalue weighted by Crippen LogP contribution is 2.28. The van der Waals surface area contributed by atoms with E-state index in [0.29, 0.717) is 0 Å². The van der Waals surface area contributed by atoms with Crippen LogP contribution in [0.25, 0.3) is 0 Å². The second-order valence-electron chi connectivity index (χ2n) is 2.87. The van der Waals surface area contributed by atoms with Gasteiger partial charge in [-0.15, -0.1) is 0 Å². The van der Waals surface area contributed by atoms with Crippen LogP contribution < -0.4 is 9.47 Å². The summed E-state index contributed by atoms with van der Waals surface area (Å²) >= 11 is 0. The Bertz CT molecular complexity index is 379. The molecule has 0 aromatic heterocycles. The molecule has 1 aromatic carbocycles. The lowest BCUT2D eigenvalue weighted by Gasteiger charge is -2.10. The van der Waals surface area contributed by atoms with Crippen molar-refractivity contribution < 1.29 is 28.2 Å². The highest BCUT2D eigenvalue weighted by atomic mass is 19.3. The van der Waals surface area contributed by atoms with E-state index in [-0.39, 0.29) is 17.1 Å². The second kappa shape index (κ2) is 5.29. The van der Waals surface area contributed by atoms with Gasteiger partial charge in [-0.2, -0.15) is 0 Å². The summed E-state index contributed by atoms with van der Waals surface area (Å²) in [6.07, 6.45) is -2.59. The number of hydrogen-bond acceptors (Lipinski definition) is 3. The molecule has 0 amide bonds. The van der Waals surface area contributed by atoms with Gasteiger partial charge < -0.3 is 14.6 Å². The van der Waals surface area contributed by atoms with E-state index in [2.05, 4.69) is 0 Å². The van der Waals surface area contributed by atoms with Crippen molar-refractivity contribution in [2.24, 2.45) is 0 Å². The summed E-state index contributed by atoms with van der Waals surface area (Å²) in [6.45, 7) is -0.761. The average Bonchev–Trinajstić information content (AvgIpc) is 2.25. The lowest BCUT2D eigenvalue weighted by molar-refractivity contribution is 0.0694. The van der Waals surface area contributed by atoms with Crippen LogP contribution in [-0.4, -0.2) is 31.2 Å². The molecule has 0 saturated heterocycles. The number of ether oxygens (including phenoxy) is 2. The molecular weight excluding hydrogens is 222 g/mol. The first kappa shape index (κ1) is 12.2. The van der Waals surface area contributed by atoms with Crippen molar-refractivity contribution in [1.29, 1.82) is 0 Å². The van der Waals surface area contributed by atoms with Crippen molar-refractivity contribution in [2.45, 2.75) is 6.43 Å². The molecule has 0 bridgehead atoms. The van der Waals surface area contributed by atoms with Gasteiger partial charge in [-0.1, -0.05) is 0 Å². The van der Waals surface area contributed by atoms with Crippen LogP contribution in [0.5, 0.6) is 11.5 Å². The molecule has 1 aromatic rings. The van der Waals surface area contributed by atoms with Crippen LogP contribution in [0.1, 0.15) is 10.4 Å². The standard InChI is InChI=1S/C10H10F2O4/c1-15-8-4-6(10(13)14)2-3-7(8)16-5-9(11)12/h2-4,9H,5H2,1H3,(H,13,14). The van der Waals surface area contributed by atoms with Crippen molar-refractivity contribution in [1.82, 2.24) is 0 Å². The third kappa shape index (κ3) is 3.08. The van der Waals surface area contributed by atoms with Crippen molar-refractivity contribution in [3.05, 3.63) is 23.8 Å². The zero-order valence-corrected chi connectivity index (χ0v) is 8.44. The van der Waals surface area contributed by atoms with Crippen LogP contribution in [0.3, 0.4) is 0 Å². The van der Waals surface area contributed by atoms with Crippen molar-refractivity contribution in [3.8, 4) is 11.5 Å². The lowest BCUT2D eigenvalue weighted by atomic mass is 10.2. The monoisotopic (exact) mass is 232 g/mol. The van der Waals surface area contributed by atoms with Gasteiger partial charge in [0.05, 0.1) is 12.7 Å². The molecule has 1 N–H and O–H groups in total. The van der Waals surface area contributed by atoms with Crippen LogP contribution in [0.2, 0.25) is 0 Å². The van der Waals surface area contributed by atoms with E-state index in [1.807, 2.05) is 0 Å². The maximum Gasteiger partial charge on any atom is 0.335 e. The Morgan fingerprint density at radius 2 is 2.12 bits per heavy atom. The zero-order valence-electron chi connectivity index (χ0n) is 8.44. The van der Waals surface area contributed by atoms with Crippen molar-refractivity contribution >= 4 is 5.97 Å². The average molecular weight is 232 g/mol. The number of alkyl halides is 2. The van der Waals surface area contributed by atoms with Gasteiger partial charge in [0.1, 0.15) is 6.61 Å². The minimum absolute atomic E-state index is 0.00115. The molecule has 16 heavy (non-hydrogen) atoms. The minimum atomic E-state index is -2.59. The Morgan fingerprint density at radius 1 is 1.44 bits per heavy atom. The zero-order chi connectivity index (χ0) is 12.1. The minimum Gasteiger partial charge on any atom is -0.493 e. The smallest absolute Gasteiger partial charge is 0.335 e. The number of aromatic carboxylic acids is 1. The third-order valence-corrected chi connectivity index (χ3v) is 1.78. The number of rotatable bonds is 5. The molecule has 0 saturated carbocycles. The molecule has 0 spiro atoms. The fourth-order valence-corrected chi connectivity index (χ4v) is 1.07. The van der Waals surface area contributed by atoms with Gasteiger partial charge in [0.25, 0.3) is 6.43 Å². The lowest BCUT2D eigenvalue weighted by Crippen LogP contribution is -2.08. The first-order chi connectivity index (χ1) is 7.54. The number of carboxylic acids is 1. The van der Waals surface area contributed by atoms with E-state index in [9.17, 15) is 13.6 Å². The Labute approximate surface area is 90.4 Å². The Balaban J connectivity index is 2.89. The van der Waals surface area contributed by atoms with E-state index in [4.69, 9.17) is 14.6 Å². The molecule has 0 aliphatic heterocycles. The molecule has 0 unspecified atom stereocenters. The predicted molar refractivity (Wildman–Crippen MR) is 51.5 cm³/mol. The quantitative estimate of drug-likeness (QED) is 0.843. The Hall–Kier alpha value is -1.85. The van der Waals surface area contributed by atoms with E-state index < -0.39 is 19.0 Å². The topological polar surface area (TPSA) is 55.8 Å². The number of carbonyl (C=O) groups is 1. The SMILES string of the molecule is COc1cc(C(=O)O)ccc1OCC(F)F. The number of hydrogen-bond donors (Lipinski definition) is 1. The number of methoxy groups -OCH3 is 1. The number of benzene rings is 1. The molecule has 4 nitrogen and oxygen atoms in total. The molecular formula is C10H10F2O4. The largest absolute Gasteiger partial charge is 0.493 e. The van der Waals surface area contributed by atoms with Crippen molar-refractivity contribution in [3.63, 3.8) is 0 Å². The highest BCUT2D eigenvalue weighted by Gasteiger charge is 2.11. The fourth-order valence-electron chi connectivity index (χ4n) is 1.07. The summed E-state index contributed by atoms with van der Waals surface area (Å²) in [5.74, 6) is -0.924. The van der Waals surface area contributed by atoms with Gasteiger partial charge in [-0.3, -0.25) is 0 Å². The van der Waals surface area contributed by atoms with Gasteiger partial charge in [0.2, 0.25) is 0 Å². The molecule has 0 heterocycles. The van der Waals surface area contributed by atoms with Gasteiger partial charge in [-0.25, -0.2) is 13.6 Å². The first-order valence-electron chi connectivity index (χ1n) is 4.37. The Morgan fingerprint density at radius 3 is 2.62 bits per heavy atom. The summed E-state index contributed by atoms with van der Waals surface area (Å²) in [5, 5.41) is 8.70. The van der Waals surface area contributed by atoms with Crippen molar-refractivity contribution in [2.75, 3.05) is 13.7 Å². The van der Waals surface area contributed by atoms with E-state index in [0.717, 1.165) is 0 Å². The van der Waals surface area contributed by atoms with Crippen LogP contribution >= 0.6 is 0 Å². The summed E-state index contributed by atoms with van der Waals surface area (Å²) in [6, 6.07) is 3.75. The molecule has 88 valence electrons. The Kier molecular flexibility index (Phi) is 4.04. The van der Waals surface area contributed by atoms with Crippen LogP contribution in [-0.2, 0) is 0 Å².